The van der Waals surface area contributed by atoms with Crippen LogP contribution in [0.2, 0.25) is 0 Å². The molecule has 1 aliphatic heterocycles. The van der Waals surface area contributed by atoms with E-state index >= 15 is 0 Å². The summed E-state index contributed by atoms with van der Waals surface area (Å²) in [5, 5.41) is 13.3. The van der Waals surface area contributed by atoms with Crippen LogP contribution >= 0.6 is 11.6 Å². The van der Waals surface area contributed by atoms with Gasteiger partial charge in [-0.15, -0.1) is 10.2 Å². The number of hydrogen-bond acceptors (Lipinski definition) is 5. The molecule has 0 saturated carbocycles. The molecule has 1 atom stereocenters. The number of anilines is 1. The highest BCUT2D eigenvalue weighted by molar-refractivity contribution is 6.23. The maximum absolute atomic E-state index is 6.29. The van der Waals surface area contributed by atoms with Crippen LogP contribution in [0.1, 0.15) is 17.0 Å². The van der Waals surface area contributed by atoms with E-state index in [1.165, 1.54) is 0 Å². The van der Waals surface area contributed by atoms with Gasteiger partial charge < -0.3 is 4.90 Å². The number of benzene rings is 1. The smallest absolute Gasteiger partial charge is 0.177 e. The fourth-order valence-corrected chi connectivity index (χ4v) is 3.59. The van der Waals surface area contributed by atoms with E-state index in [1.54, 1.807) is 16.9 Å². The summed E-state index contributed by atoms with van der Waals surface area (Å²) in [6, 6.07) is 14.1. The topological polar surface area (TPSA) is 59.2 Å². The molecule has 3 aromatic heterocycles. The zero-order valence-electron chi connectivity index (χ0n) is 15.2. The first-order valence-corrected chi connectivity index (χ1v) is 9.42. The van der Waals surface area contributed by atoms with Crippen molar-refractivity contribution in [2.75, 3.05) is 11.9 Å². The van der Waals surface area contributed by atoms with Crippen LogP contribution in [-0.2, 0) is 6.42 Å². The largest absolute Gasteiger partial charge is 0.355 e. The molecule has 138 valence electrons. The molecule has 0 spiro atoms. The Labute approximate surface area is 167 Å². The summed E-state index contributed by atoms with van der Waals surface area (Å²) in [5.41, 5.74) is 5.82. The van der Waals surface area contributed by atoms with Crippen LogP contribution in [0.4, 0.5) is 5.69 Å². The standard InChI is InChI=1S/C21H17ClN6/c1-27-18-7-4-14(11-15(18)5-8-19(27)22)12-21-25-24-20-9-6-17(26-28(20)21)16-3-2-10-23-13-16/h2-11,13,19H,12H2,1H3. The van der Waals surface area contributed by atoms with E-state index in [4.69, 9.17) is 16.7 Å². The normalized spacial score (nSPS) is 15.8. The van der Waals surface area contributed by atoms with Gasteiger partial charge in [-0.05, 0) is 53.6 Å². The molecule has 6 nitrogen and oxygen atoms in total. The molecule has 0 aliphatic carbocycles. The van der Waals surface area contributed by atoms with Crippen LogP contribution in [0, 0.1) is 0 Å². The highest BCUT2D eigenvalue weighted by Gasteiger charge is 2.17. The third-order valence-electron chi connectivity index (χ3n) is 4.92. The first kappa shape index (κ1) is 16.9. The number of halogens is 1. The molecule has 4 heterocycles. The minimum absolute atomic E-state index is 0.117. The van der Waals surface area contributed by atoms with Gasteiger partial charge in [0, 0.05) is 37.1 Å². The minimum Gasteiger partial charge on any atom is -0.355 e. The molecule has 1 unspecified atom stereocenters. The number of nitrogens with zero attached hydrogens (tertiary/aromatic N) is 6. The molecule has 1 aliphatic rings. The number of rotatable bonds is 3. The summed E-state index contributed by atoms with van der Waals surface area (Å²) in [5.74, 6) is 0.795. The summed E-state index contributed by atoms with van der Waals surface area (Å²) >= 11 is 6.29. The highest BCUT2D eigenvalue weighted by atomic mass is 35.5. The zero-order valence-corrected chi connectivity index (χ0v) is 16.0. The molecule has 0 amide bonds. The van der Waals surface area contributed by atoms with Crippen LogP contribution < -0.4 is 4.90 Å². The second-order valence-corrected chi connectivity index (χ2v) is 7.21. The van der Waals surface area contributed by atoms with Gasteiger partial charge in [-0.3, -0.25) is 4.98 Å². The molecule has 0 saturated heterocycles. The SMILES string of the molecule is CN1c2ccc(Cc3nnc4ccc(-c5cccnc5)nn34)cc2C=CC1Cl. The molecule has 5 rings (SSSR count). The summed E-state index contributed by atoms with van der Waals surface area (Å²) in [4.78, 5) is 6.22. The van der Waals surface area contributed by atoms with Gasteiger partial charge in [0.25, 0.3) is 0 Å². The van der Waals surface area contributed by atoms with Crippen LogP contribution in [-0.4, -0.2) is 37.3 Å². The van der Waals surface area contributed by atoms with Gasteiger partial charge in [0.1, 0.15) is 5.50 Å². The summed E-state index contributed by atoms with van der Waals surface area (Å²) in [6.07, 6.45) is 8.24. The molecular formula is C21H17ClN6. The van der Waals surface area contributed by atoms with Crippen LogP contribution in [0.25, 0.3) is 23.0 Å². The summed E-state index contributed by atoms with van der Waals surface area (Å²) < 4.78 is 1.80. The van der Waals surface area contributed by atoms with Crippen molar-refractivity contribution in [1.82, 2.24) is 24.8 Å². The average molecular weight is 389 g/mol. The van der Waals surface area contributed by atoms with Crippen molar-refractivity contribution in [2.24, 2.45) is 0 Å². The first-order valence-electron chi connectivity index (χ1n) is 8.99. The molecule has 28 heavy (non-hydrogen) atoms. The molecular weight excluding hydrogens is 372 g/mol. The third kappa shape index (κ3) is 2.92. The van der Waals surface area contributed by atoms with Gasteiger partial charge in [-0.1, -0.05) is 23.7 Å². The molecule has 1 aromatic carbocycles. The van der Waals surface area contributed by atoms with Gasteiger partial charge in [-0.25, -0.2) is 0 Å². The van der Waals surface area contributed by atoms with E-state index in [0.717, 1.165) is 39.5 Å². The number of fused-ring (bicyclic) bond motifs is 2. The first-order chi connectivity index (χ1) is 13.7. The molecule has 7 heteroatoms. The highest BCUT2D eigenvalue weighted by Crippen LogP contribution is 2.30. The van der Waals surface area contributed by atoms with Crippen LogP contribution in [0.3, 0.4) is 0 Å². The fourth-order valence-electron chi connectivity index (χ4n) is 3.41. The molecule has 0 bridgehead atoms. The Hall–Kier alpha value is -3.25. The lowest BCUT2D eigenvalue weighted by Gasteiger charge is -2.28. The van der Waals surface area contributed by atoms with Gasteiger partial charge >= 0.3 is 0 Å². The lowest BCUT2D eigenvalue weighted by Crippen LogP contribution is -2.27. The summed E-state index contributed by atoms with van der Waals surface area (Å²) in [7, 11) is 2.00. The molecule has 4 aromatic rings. The van der Waals surface area contributed by atoms with Crippen LogP contribution in [0.15, 0.2) is 60.9 Å². The Balaban J connectivity index is 1.50. The lowest BCUT2D eigenvalue weighted by molar-refractivity contribution is 0.841. The van der Waals surface area contributed by atoms with E-state index in [9.17, 15) is 0 Å². The van der Waals surface area contributed by atoms with Crippen molar-refractivity contribution in [1.29, 1.82) is 0 Å². The Morgan fingerprint density at radius 1 is 1.11 bits per heavy atom. The quantitative estimate of drug-likeness (QED) is 0.394. The fraction of sp³-hybridized carbons (Fsp3) is 0.143. The van der Waals surface area contributed by atoms with Crippen molar-refractivity contribution in [2.45, 2.75) is 11.9 Å². The predicted octanol–water partition coefficient (Wildman–Crippen LogP) is 3.81. The monoisotopic (exact) mass is 388 g/mol. The number of aromatic nitrogens is 5. The van der Waals surface area contributed by atoms with E-state index in [0.29, 0.717) is 6.42 Å². The zero-order chi connectivity index (χ0) is 19.1. The van der Waals surface area contributed by atoms with Crippen LogP contribution in [0.5, 0.6) is 0 Å². The Morgan fingerprint density at radius 3 is 2.89 bits per heavy atom. The number of alkyl halides is 1. The maximum atomic E-state index is 6.29. The van der Waals surface area contributed by atoms with Gasteiger partial charge in [0.05, 0.1) is 5.69 Å². The molecule has 0 N–H and O–H groups in total. The Bertz CT molecular complexity index is 1180. The van der Waals surface area contributed by atoms with E-state index in [-0.39, 0.29) is 5.50 Å². The predicted molar refractivity (Wildman–Crippen MR) is 110 cm³/mol. The average Bonchev–Trinajstić information content (AvgIpc) is 3.13. The molecule has 0 fully saturated rings. The summed E-state index contributed by atoms with van der Waals surface area (Å²) in [6.45, 7) is 0. The Morgan fingerprint density at radius 2 is 2.04 bits per heavy atom. The second kappa shape index (κ2) is 6.73. The van der Waals surface area contributed by atoms with Gasteiger partial charge in [0.2, 0.25) is 0 Å². The third-order valence-corrected chi connectivity index (χ3v) is 5.36. The Kier molecular flexibility index (Phi) is 4.06. The number of hydrogen-bond donors (Lipinski definition) is 0. The lowest BCUT2D eigenvalue weighted by atomic mass is 10.0. The van der Waals surface area contributed by atoms with Crippen molar-refractivity contribution in [3.63, 3.8) is 0 Å². The van der Waals surface area contributed by atoms with E-state index in [2.05, 4.69) is 44.4 Å². The van der Waals surface area contributed by atoms with E-state index < -0.39 is 0 Å². The van der Waals surface area contributed by atoms with Gasteiger partial charge in [-0.2, -0.15) is 9.61 Å². The van der Waals surface area contributed by atoms with Crippen molar-refractivity contribution < 1.29 is 0 Å². The van der Waals surface area contributed by atoms with Crippen molar-refractivity contribution in [3.8, 4) is 11.3 Å². The van der Waals surface area contributed by atoms with E-state index in [1.807, 2.05) is 37.4 Å². The van der Waals surface area contributed by atoms with Gasteiger partial charge in [0.15, 0.2) is 11.5 Å². The molecule has 0 radical (unpaired) electrons. The van der Waals surface area contributed by atoms with Crippen molar-refractivity contribution in [3.05, 3.63) is 77.9 Å². The minimum atomic E-state index is -0.117. The maximum Gasteiger partial charge on any atom is 0.177 e. The number of likely N-dealkylation sites (N-methyl/N-ethyl adjacent to an activating group) is 1. The number of pyridine rings is 1. The van der Waals surface area contributed by atoms with Crippen molar-refractivity contribution >= 4 is 29.0 Å². The second-order valence-electron chi connectivity index (χ2n) is 6.76.